The van der Waals surface area contributed by atoms with Gasteiger partial charge in [-0.1, -0.05) is 29.8 Å². The van der Waals surface area contributed by atoms with E-state index in [1.807, 2.05) is 0 Å². The summed E-state index contributed by atoms with van der Waals surface area (Å²) >= 11 is 6.22. The summed E-state index contributed by atoms with van der Waals surface area (Å²) in [6.07, 6.45) is 0. The zero-order valence-corrected chi connectivity index (χ0v) is 14.9. The number of halogens is 2. The highest BCUT2D eigenvalue weighted by Crippen LogP contribution is 2.36. The number of phenols is 1. The second-order valence-electron chi connectivity index (χ2n) is 5.66. The minimum absolute atomic E-state index is 0.0969. The Morgan fingerprint density at radius 1 is 1.15 bits per heavy atom. The molecule has 3 aromatic rings. The van der Waals surface area contributed by atoms with Crippen molar-refractivity contribution in [2.75, 3.05) is 25.6 Å². The van der Waals surface area contributed by atoms with Gasteiger partial charge in [-0.25, -0.2) is 9.37 Å². The molecule has 0 aliphatic carbocycles. The average molecular weight is 373 g/mol. The largest absolute Gasteiger partial charge is 0.507 e. The maximum atomic E-state index is 14.4. The molecule has 0 atom stereocenters. The Morgan fingerprint density at radius 2 is 1.96 bits per heavy atom. The van der Waals surface area contributed by atoms with Gasteiger partial charge in [-0.05, 0) is 42.0 Å². The third-order valence-electron chi connectivity index (χ3n) is 3.87. The topological polar surface area (TPSA) is 54.4 Å². The van der Waals surface area contributed by atoms with Crippen LogP contribution in [0.25, 0.3) is 22.4 Å². The van der Waals surface area contributed by atoms with Gasteiger partial charge in [-0.2, -0.15) is 0 Å². The number of hydrogen-bond donors (Lipinski definition) is 2. The van der Waals surface area contributed by atoms with Gasteiger partial charge < -0.3 is 15.2 Å². The minimum Gasteiger partial charge on any atom is -0.507 e. The van der Waals surface area contributed by atoms with Crippen LogP contribution in [0.2, 0.25) is 5.02 Å². The van der Waals surface area contributed by atoms with Gasteiger partial charge >= 0.3 is 0 Å². The van der Waals surface area contributed by atoms with Crippen molar-refractivity contribution >= 4 is 17.4 Å². The van der Waals surface area contributed by atoms with Gasteiger partial charge in [-0.15, -0.1) is 0 Å². The number of para-hydroxylation sites is 1. The van der Waals surface area contributed by atoms with Crippen LogP contribution in [0.15, 0.2) is 54.6 Å². The molecule has 3 rings (SSSR count). The molecule has 0 radical (unpaired) electrons. The number of nitrogens with zero attached hydrogens (tertiary/aromatic N) is 1. The molecule has 26 heavy (non-hydrogen) atoms. The summed E-state index contributed by atoms with van der Waals surface area (Å²) in [5, 5.41) is 13.6. The van der Waals surface area contributed by atoms with Gasteiger partial charge in [0.25, 0.3) is 0 Å². The maximum Gasteiger partial charge on any atom is 0.132 e. The summed E-state index contributed by atoms with van der Waals surface area (Å²) in [6, 6.07) is 14.9. The Labute approximate surface area is 156 Å². The molecule has 4 nitrogen and oxygen atoms in total. The second-order valence-corrected chi connectivity index (χ2v) is 6.07. The highest BCUT2D eigenvalue weighted by Gasteiger charge is 2.14. The van der Waals surface area contributed by atoms with Crippen LogP contribution in [0.3, 0.4) is 0 Å². The van der Waals surface area contributed by atoms with Crippen molar-refractivity contribution < 1.29 is 14.2 Å². The van der Waals surface area contributed by atoms with E-state index in [9.17, 15) is 9.50 Å². The lowest BCUT2D eigenvalue weighted by atomic mass is 10.0. The second kappa shape index (κ2) is 8.17. The van der Waals surface area contributed by atoms with Gasteiger partial charge in [-0.3, -0.25) is 0 Å². The molecule has 0 aliphatic rings. The first-order valence-electron chi connectivity index (χ1n) is 8.08. The van der Waals surface area contributed by atoms with Crippen molar-refractivity contribution in [1.82, 2.24) is 4.98 Å². The zero-order chi connectivity index (χ0) is 18.5. The molecule has 0 fully saturated rings. The first kappa shape index (κ1) is 18.2. The maximum absolute atomic E-state index is 14.4. The number of aromatic nitrogens is 1. The van der Waals surface area contributed by atoms with Crippen molar-refractivity contribution in [3.63, 3.8) is 0 Å². The molecule has 6 heteroatoms. The van der Waals surface area contributed by atoms with Crippen LogP contribution in [0, 0.1) is 5.82 Å². The number of aromatic hydroxyl groups is 1. The fraction of sp³-hybridized carbons (Fsp3) is 0.150. The molecular weight excluding hydrogens is 355 g/mol. The Hall–Kier alpha value is -2.63. The average Bonchev–Trinajstić information content (AvgIpc) is 2.62. The van der Waals surface area contributed by atoms with Gasteiger partial charge in [0.1, 0.15) is 17.4 Å². The number of anilines is 1. The standard InChI is InChI=1S/C20H18ClFN2O2/c1-26-10-9-23-19-12-13(20-15(21)6-4-7-16(20)22)11-17(24-19)14-5-2-3-8-18(14)25/h2-8,11-12,25H,9-10H2,1H3,(H,23,24). The van der Waals surface area contributed by atoms with E-state index >= 15 is 0 Å². The fourth-order valence-electron chi connectivity index (χ4n) is 2.65. The van der Waals surface area contributed by atoms with Crippen LogP contribution in [0.1, 0.15) is 0 Å². The molecule has 0 spiro atoms. The molecule has 1 heterocycles. The summed E-state index contributed by atoms with van der Waals surface area (Å²) < 4.78 is 19.4. The third-order valence-corrected chi connectivity index (χ3v) is 4.18. The van der Waals surface area contributed by atoms with Crippen LogP contribution in [-0.2, 0) is 4.74 Å². The molecule has 1 aromatic heterocycles. The Morgan fingerprint density at radius 3 is 2.69 bits per heavy atom. The predicted molar refractivity (Wildman–Crippen MR) is 102 cm³/mol. The number of ether oxygens (including phenoxy) is 1. The van der Waals surface area contributed by atoms with E-state index < -0.39 is 5.82 Å². The van der Waals surface area contributed by atoms with Crippen molar-refractivity contribution in [2.45, 2.75) is 0 Å². The van der Waals surface area contributed by atoms with Crippen LogP contribution in [-0.4, -0.2) is 30.4 Å². The van der Waals surface area contributed by atoms with Gasteiger partial charge in [0.2, 0.25) is 0 Å². The van der Waals surface area contributed by atoms with Crippen LogP contribution in [0.5, 0.6) is 5.75 Å². The molecule has 0 unspecified atom stereocenters. The van der Waals surface area contributed by atoms with E-state index in [-0.39, 0.29) is 5.75 Å². The number of benzene rings is 2. The van der Waals surface area contributed by atoms with Gasteiger partial charge in [0, 0.05) is 24.8 Å². The smallest absolute Gasteiger partial charge is 0.132 e. The molecule has 0 aliphatic heterocycles. The van der Waals surface area contributed by atoms with E-state index in [1.54, 1.807) is 55.6 Å². The van der Waals surface area contributed by atoms with Gasteiger partial charge in [0.05, 0.1) is 17.3 Å². The summed E-state index contributed by atoms with van der Waals surface area (Å²) in [5.74, 6) is 0.214. The molecule has 0 bridgehead atoms. The summed E-state index contributed by atoms with van der Waals surface area (Å²) in [7, 11) is 1.61. The number of hydrogen-bond acceptors (Lipinski definition) is 4. The molecule has 2 N–H and O–H groups in total. The number of methoxy groups -OCH3 is 1. The van der Waals surface area contributed by atoms with E-state index in [1.165, 1.54) is 6.07 Å². The lowest BCUT2D eigenvalue weighted by Gasteiger charge is -2.13. The summed E-state index contributed by atoms with van der Waals surface area (Å²) in [4.78, 5) is 4.53. The molecular formula is C20H18ClFN2O2. The van der Waals surface area contributed by atoms with Crippen LogP contribution >= 0.6 is 11.6 Å². The first-order chi connectivity index (χ1) is 12.6. The van der Waals surface area contributed by atoms with Crippen molar-refractivity contribution in [3.05, 3.63) is 65.4 Å². The highest BCUT2D eigenvalue weighted by atomic mass is 35.5. The van der Waals surface area contributed by atoms with Crippen molar-refractivity contribution in [2.24, 2.45) is 0 Å². The lowest BCUT2D eigenvalue weighted by molar-refractivity contribution is 0.210. The number of phenolic OH excluding ortho intramolecular Hbond substituents is 1. The number of rotatable bonds is 6. The first-order valence-corrected chi connectivity index (χ1v) is 8.45. The van der Waals surface area contributed by atoms with Crippen molar-refractivity contribution in [1.29, 1.82) is 0 Å². The number of pyridine rings is 1. The normalized spacial score (nSPS) is 10.7. The van der Waals surface area contributed by atoms with E-state index in [0.717, 1.165) is 0 Å². The molecule has 2 aromatic carbocycles. The fourth-order valence-corrected chi connectivity index (χ4v) is 2.92. The third kappa shape index (κ3) is 3.95. The minimum atomic E-state index is -0.422. The Kier molecular flexibility index (Phi) is 5.71. The molecule has 0 saturated heterocycles. The predicted octanol–water partition coefficient (Wildman–Crippen LogP) is 4.97. The quantitative estimate of drug-likeness (QED) is 0.600. The zero-order valence-electron chi connectivity index (χ0n) is 14.2. The summed E-state index contributed by atoms with van der Waals surface area (Å²) in [6.45, 7) is 1.04. The van der Waals surface area contributed by atoms with E-state index in [2.05, 4.69) is 10.3 Å². The Bertz CT molecular complexity index is 898. The van der Waals surface area contributed by atoms with Crippen LogP contribution in [0.4, 0.5) is 10.2 Å². The van der Waals surface area contributed by atoms with Crippen molar-refractivity contribution in [3.8, 4) is 28.1 Å². The van der Waals surface area contributed by atoms with Crippen LogP contribution < -0.4 is 5.32 Å². The number of nitrogens with one attached hydrogen (secondary N) is 1. The molecule has 0 saturated carbocycles. The molecule has 0 amide bonds. The van der Waals surface area contributed by atoms with Gasteiger partial charge in [0.15, 0.2) is 0 Å². The monoisotopic (exact) mass is 372 g/mol. The lowest BCUT2D eigenvalue weighted by Crippen LogP contribution is -2.09. The Balaban J connectivity index is 2.13. The van der Waals surface area contributed by atoms with E-state index in [0.29, 0.717) is 46.4 Å². The summed E-state index contributed by atoms with van der Waals surface area (Å²) in [5.41, 5.74) is 1.93. The highest BCUT2D eigenvalue weighted by molar-refractivity contribution is 6.33. The van der Waals surface area contributed by atoms with E-state index in [4.69, 9.17) is 16.3 Å². The SMILES string of the molecule is COCCNc1cc(-c2c(F)cccc2Cl)cc(-c2ccccc2O)n1. The molecule has 134 valence electrons.